The van der Waals surface area contributed by atoms with Crippen molar-refractivity contribution in [2.45, 2.75) is 25.9 Å². The maximum absolute atomic E-state index is 10.1. The Hall–Kier alpha value is -0.900. The van der Waals surface area contributed by atoms with Crippen LogP contribution in [0.4, 0.5) is 0 Å². The number of hydrogen-bond donors (Lipinski definition) is 2. The molecule has 1 heterocycles. The van der Waals surface area contributed by atoms with Gasteiger partial charge in [0.1, 0.15) is 0 Å². The summed E-state index contributed by atoms with van der Waals surface area (Å²) in [5.41, 5.74) is 1.37. The molecule has 0 radical (unpaired) electrons. The van der Waals surface area contributed by atoms with Crippen LogP contribution >= 0.6 is 0 Å². The van der Waals surface area contributed by atoms with E-state index in [1.165, 1.54) is 25.9 Å². The van der Waals surface area contributed by atoms with Crippen molar-refractivity contribution in [2.24, 2.45) is 5.41 Å². The molecule has 2 N–H and O–H groups in total. The van der Waals surface area contributed by atoms with Crippen molar-refractivity contribution in [1.29, 1.82) is 0 Å². The summed E-state index contributed by atoms with van der Waals surface area (Å²) in [6.07, 6.45) is 2.06. The highest BCUT2D eigenvalue weighted by atomic mass is 16.3. The molecule has 1 aliphatic heterocycles. The fourth-order valence-electron chi connectivity index (χ4n) is 2.64. The highest BCUT2D eigenvalue weighted by Gasteiger charge is 2.28. The summed E-state index contributed by atoms with van der Waals surface area (Å²) in [5.74, 6) is 0. The molecule has 1 saturated heterocycles. The molecule has 0 amide bonds. The van der Waals surface area contributed by atoms with E-state index >= 15 is 0 Å². The van der Waals surface area contributed by atoms with Gasteiger partial charge in [-0.25, -0.2) is 0 Å². The zero-order valence-electron chi connectivity index (χ0n) is 12.1. The Morgan fingerprint density at radius 2 is 1.89 bits per heavy atom. The van der Waals surface area contributed by atoms with E-state index in [-0.39, 0.29) is 0 Å². The van der Waals surface area contributed by atoms with Crippen LogP contribution in [0.5, 0.6) is 0 Å². The number of nitrogens with zero attached hydrogens (tertiary/aromatic N) is 1. The lowest BCUT2D eigenvalue weighted by Gasteiger charge is -2.38. The molecule has 19 heavy (non-hydrogen) atoms. The highest BCUT2D eigenvalue weighted by Crippen LogP contribution is 2.29. The van der Waals surface area contributed by atoms with Crippen molar-refractivity contribution in [3.63, 3.8) is 0 Å². The molecule has 1 fully saturated rings. The van der Waals surface area contributed by atoms with E-state index < -0.39 is 6.10 Å². The third-order valence-electron chi connectivity index (χ3n) is 4.27. The number of piperidine rings is 1. The molecule has 0 aromatic heterocycles. The molecular weight excluding hydrogens is 236 g/mol. The zero-order chi connectivity index (χ0) is 13.7. The molecule has 1 aromatic carbocycles. The molecule has 0 saturated carbocycles. The summed E-state index contributed by atoms with van der Waals surface area (Å²) < 4.78 is 0. The van der Waals surface area contributed by atoms with Crippen molar-refractivity contribution < 1.29 is 5.11 Å². The van der Waals surface area contributed by atoms with Crippen LogP contribution in [0.3, 0.4) is 0 Å². The third kappa shape index (κ3) is 4.30. The molecule has 1 aliphatic rings. The molecule has 1 unspecified atom stereocenters. The topological polar surface area (TPSA) is 35.5 Å². The minimum Gasteiger partial charge on any atom is -0.387 e. The van der Waals surface area contributed by atoms with Crippen molar-refractivity contribution in [3.05, 3.63) is 35.9 Å². The van der Waals surface area contributed by atoms with Crippen LogP contribution in [-0.2, 0) is 0 Å². The van der Waals surface area contributed by atoms with E-state index in [0.29, 0.717) is 12.0 Å². The fourth-order valence-corrected chi connectivity index (χ4v) is 2.64. The van der Waals surface area contributed by atoms with Gasteiger partial charge in [-0.15, -0.1) is 0 Å². The third-order valence-corrected chi connectivity index (χ3v) is 4.27. The second kappa shape index (κ2) is 6.51. The molecule has 0 spiro atoms. The fraction of sp³-hybridized carbons (Fsp3) is 0.625. The quantitative estimate of drug-likeness (QED) is 0.852. The zero-order valence-corrected chi connectivity index (χ0v) is 12.1. The largest absolute Gasteiger partial charge is 0.387 e. The molecule has 0 bridgehead atoms. The lowest BCUT2D eigenvalue weighted by molar-refractivity contribution is 0.124. The van der Waals surface area contributed by atoms with Gasteiger partial charge in [-0.05, 0) is 44.0 Å². The second-order valence-corrected chi connectivity index (χ2v) is 6.17. The summed E-state index contributed by atoms with van der Waals surface area (Å²) in [5, 5.41) is 13.5. The van der Waals surface area contributed by atoms with E-state index in [2.05, 4.69) is 24.2 Å². The Bertz CT molecular complexity index is 372. The number of benzene rings is 1. The number of rotatable bonds is 5. The first-order valence-electron chi connectivity index (χ1n) is 7.21. The van der Waals surface area contributed by atoms with Gasteiger partial charge < -0.3 is 15.3 Å². The monoisotopic (exact) mass is 262 g/mol. The average Bonchev–Trinajstić information content (AvgIpc) is 2.43. The van der Waals surface area contributed by atoms with Crippen LogP contribution in [0.2, 0.25) is 0 Å². The molecule has 106 valence electrons. The lowest BCUT2D eigenvalue weighted by atomic mass is 9.80. The Kier molecular flexibility index (Phi) is 4.97. The van der Waals surface area contributed by atoms with Gasteiger partial charge in [0.25, 0.3) is 0 Å². The minimum absolute atomic E-state index is 0.378. The van der Waals surface area contributed by atoms with Gasteiger partial charge >= 0.3 is 0 Å². The Balaban J connectivity index is 1.74. The first-order chi connectivity index (χ1) is 9.09. The number of hydrogen-bond acceptors (Lipinski definition) is 3. The molecule has 3 nitrogen and oxygen atoms in total. The lowest BCUT2D eigenvalue weighted by Crippen LogP contribution is -2.42. The van der Waals surface area contributed by atoms with Gasteiger partial charge in [0.2, 0.25) is 0 Å². The van der Waals surface area contributed by atoms with Gasteiger partial charge in [-0.2, -0.15) is 0 Å². The molecular formula is C16H26N2O. The molecule has 1 atom stereocenters. The standard InChI is InChI=1S/C16H26N2O/c1-16(8-10-18(2)11-9-16)13-17-12-15(19)14-6-4-3-5-7-14/h3-7,15,17,19H,8-13H2,1-2H3. The summed E-state index contributed by atoms with van der Waals surface area (Å²) in [7, 11) is 2.19. The van der Waals surface area contributed by atoms with Gasteiger partial charge in [0.05, 0.1) is 6.10 Å². The smallest absolute Gasteiger partial charge is 0.0914 e. The average molecular weight is 262 g/mol. The second-order valence-electron chi connectivity index (χ2n) is 6.17. The van der Waals surface area contributed by atoms with Gasteiger partial charge in [0, 0.05) is 13.1 Å². The van der Waals surface area contributed by atoms with Gasteiger partial charge in [-0.1, -0.05) is 37.3 Å². The molecule has 3 heteroatoms. The summed E-state index contributed by atoms with van der Waals surface area (Å²) >= 11 is 0. The Labute approximate surface area is 116 Å². The Morgan fingerprint density at radius 3 is 2.53 bits per heavy atom. The van der Waals surface area contributed by atoms with Crippen LogP contribution in [-0.4, -0.2) is 43.2 Å². The van der Waals surface area contributed by atoms with Crippen LogP contribution in [0.25, 0.3) is 0 Å². The van der Waals surface area contributed by atoms with Crippen molar-refractivity contribution in [2.75, 3.05) is 33.2 Å². The van der Waals surface area contributed by atoms with Crippen molar-refractivity contribution in [3.8, 4) is 0 Å². The molecule has 0 aliphatic carbocycles. The van der Waals surface area contributed by atoms with Gasteiger partial charge in [-0.3, -0.25) is 0 Å². The van der Waals surface area contributed by atoms with E-state index in [1.807, 2.05) is 30.3 Å². The van der Waals surface area contributed by atoms with E-state index in [9.17, 15) is 5.11 Å². The van der Waals surface area contributed by atoms with Crippen molar-refractivity contribution in [1.82, 2.24) is 10.2 Å². The van der Waals surface area contributed by atoms with E-state index in [0.717, 1.165) is 12.1 Å². The molecule has 1 aromatic rings. The first kappa shape index (κ1) is 14.5. The SMILES string of the molecule is CN1CCC(C)(CNCC(O)c2ccccc2)CC1. The van der Waals surface area contributed by atoms with E-state index in [1.54, 1.807) is 0 Å². The summed E-state index contributed by atoms with van der Waals surface area (Å²) in [6, 6.07) is 9.87. The summed E-state index contributed by atoms with van der Waals surface area (Å²) in [4.78, 5) is 2.39. The predicted octanol–water partition coefficient (Wildman–Crippen LogP) is 2.04. The van der Waals surface area contributed by atoms with Crippen LogP contribution in [0.1, 0.15) is 31.4 Å². The maximum Gasteiger partial charge on any atom is 0.0914 e. The van der Waals surface area contributed by atoms with Crippen molar-refractivity contribution >= 4 is 0 Å². The van der Waals surface area contributed by atoms with Crippen LogP contribution in [0, 0.1) is 5.41 Å². The number of likely N-dealkylation sites (tertiary alicyclic amines) is 1. The Morgan fingerprint density at radius 1 is 1.26 bits per heavy atom. The number of nitrogens with one attached hydrogen (secondary N) is 1. The molecule has 2 rings (SSSR count). The minimum atomic E-state index is -0.406. The van der Waals surface area contributed by atoms with Crippen LogP contribution < -0.4 is 5.32 Å². The highest BCUT2D eigenvalue weighted by molar-refractivity contribution is 5.17. The van der Waals surface area contributed by atoms with E-state index in [4.69, 9.17) is 0 Å². The predicted molar refractivity (Wildman–Crippen MR) is 79.1 cm³/mol. The van der Waals surface area contributed by atoms with Gasteiger partial charge in [0.15, 0.2) is 0 Å². The van der Waals surface area contributed by atoms with Crippen LogP contribution in [0.15, 0.2) is 30.3 Å². The summed E-state index contributed by atoms with van der Waals surface area (Å²) in [6.45, 7) is 6.33. The maximum atomic E-state index is 10.1. The normalized spacial score (nSPS) is 21.2. The number of aliphatic hydroxyl groups is 1. The first-order valence-corrected chi connectivity index (χ1v) is 7.21. The number of aliphatic hydroxyl groups excluding tert-OH is 1.